The number of rotatable bonds is 9. The highest BCUT2D eigenvalue weighted by molar-refractivity contribution is 6.30. The summed E-state index contributed by atoms with van der Waals surface area (Å²) in [6.07, 6.45) is 1.87. The number of hydrogen-bond acceptors (Lipinski definition) is 4. The first-order chi connectivity index (χ1) is 15.9. The van der Waals surface area contributed by atoms with Crippen molar-refractivity contribution >= 4 is 35.1 Å². The van der Waals surface area contributed by atoms with E-state index < -0.39 is 30.3 Å². The zero-order chi connectivity index (χ0) is 24.0. The molecule has 0 radical (unpaired) electrons. The van der Waals surface area contributed by atoms with Gasteiger partial charge in [-0.1, -0.05) is 66.9 Å². The van der Waals surface area contributed by atoms with E-state index in [1.165, 1.54) is 0 Å². The van der Waals surface area contributed by atoms with Gasteiger partial charge in [0.25, 0.3) is 5.91 Å². The number of carbonyl (C=O) groups excluding carboxylic acids is 2. The van der Waals surface area contributed by atoms with Gasteiger partial charge in [-0.2, -0.15) is 0 Å². The summed E-state index contributed by atoms with van der Waals surface area (Å²) in [6, 6.07) is 13.3. The molecule has 176 valence electrons. The summed E-state index contributed by atoms with van der Waals surface area (Å²) in [5, 5.41) is 1.18. The number of carbonyl (C=O) groups is 2. The van der Waals surface area contributed by atoms with Crippen molar-refractivity contribution in [2.75, 3.05) is 6.61 Å². The van der Waals surface area contributed by atoms with E-state index >= 15 is 0 Å². The molecule has 0 aliphatic carbocycles. The Morgan fingerprint density at radius 2 is 1.67 bits per heavy atom. The van der Waals surface area contributed by atoms with Gasteiger partial charge in [0, 0.05) is 16.5 Å². The highest BCUT2D eigenvalue weighted by Crippen LogP contribution is 2.44. The van der Waals surface area contributed by atoms with E-state index in [0.717, 1.165) is 11.1 Å². The Bertz CT molecular complexity index is 961. The van der Waals surface area contributed by atoms with Crippen LogP contribution in [-0.4, -0.2) is 35.5 Å². The van der Waals surface area contributed by atoms with Gasteiger partial charge >= 0.3 is 5.97 Å². The summed E-state index contributed by atoms with van der Waals surface area (Å²) < 4.78 is 11.8. The van der Waals surface area contributed by atoms with Gasteiger partial charge in [-0.15, -0.1) is 6.58 Å². The number of amides is 1. The lowest BCUT2D eigenvalue weighted by molar-refractivity contribution is -0.185. The van der Waals surface area contributed by atoms with Crippen LogP contribution in [0, 0.1) is 0 Å². The van der Waals surface area contributed by atoms with E-state index in [0.29, 0.717) is 29.3 Å². The molecule has 0 spiro atoms. The fraction of sp³-hybridized carbons (Fsp3) is 0.385. The summed E-state index contributed by atoms with van der Waals surface area (Å²) in [6.45, 7) is 7.76. The fourth-order valence-corrected chi connectivity index (χ4v) is 4.46. The van der Waals surface area contributed by atoms with Crippen LogP contribution in [0.3, 0.4) is 0 Å². The molecule has 1 fully saturated rings. The second kappa shape index (κ2) is 11.7. The summed E-state index contributed by atoms with van der Waals surface area (Å²) in [5.41, 5.74) is 1.67. The minimum atomic E-state index is -0.763. The van der Waals surface area contributed by atoms with Crippen LogP contribution in [0.4, 0.5) is 0 Å². The third-order valence-electron chi connectivity index (χ3n) is 5.67. The second-order valence-corrected chi connectivity index (χ2v) is 8.79. The van der Waals surface area contributed by atoms with Gasteiger partial charge in [-0.05, 0) is 48.7 Å². The first kappa shape index (κ1) is 25.3. The lowest BCUT2D eigenvalue weighted by atomic mass is 9.89. The fourth-order valence-electron chi connectivity index (χ4n) is 4.21. The molecule has 1 aliphatic heterocycles. The number of halogens is 2. The van der Waals surface area contributed by atoms with Gasteiger partial charge in [0.2, 0.25) is 0 Å². The van der Waals surface area contributed by atoms with Crippen molar-refractivity contribution < 1.29 is 19.1 Å². The maximum atomic E-state index is 13.7. The highest BCUT2D eigenvalue weighted by Gasteiger charge is 2.48. The maximum absolute atomic E-state index is 13.7. The van der Waals surface area contributed by atoms with Crippen LogP contribution in [-0.2, 0) is 19.1 Å². The van der Waals surface area contributed by atoms with Gasteiger partial charge in [-0.3, -0.25) is 4.79 Å². The lowest BCUT2D eigenvalue weighted by Gasteiger charge is -2.47. The molecule has 1 saturated heterocycles. The molecule has 0 aromatic heterocycles. The molecule has 2 aromatic carbocycles. The SMILES string of the molecule is C=CC[C@@H]1O[C@@H](c2ccc(Cl)cc2)[C@@H](c2ccc(Cl)cc2)N([C@H](CCC)C(=O)OCC)C1=O. The molecule has 1 aliphatic rings. The molecule has 0 bridgehead atoms. The summed E-state index contributed by atoms with van der Waals surface area (Å²) in [4.78, 5) is 28.4. The van der Waals surface area contributed by atoms with Crippen molar-refractivity contribution in [1.82, 2.24) is 4.90 Å². The number of hydrogen-bond donors (Lipinski definition) is 0. The highest BCUT2D eigenvalue weighted by atomic mass is 35.5. The second-order valence-electron chi connectivity index (χ2n) is 7.92. The normalized spacial score (nSPS) is 21.5. The Morgan fingerprint density at radius 1 is 1.09 bits per heavy atom. The molecule has 3 rings (SSSR count). The van der Waals surface area contributed by atoms with Crippen LogP contribution in [0.2, 0.25) is 10.0 Å². The maximum Gasteiger partial charge on any atom is 0.328 e. The Labute approximate surface area is 205 Å². The Hall–Kier alpha value is -2.34. The van der Waals surface area contributed by atoms with E-state index in [-0.39, 0.29) is 12.5 Å². The van der Waals surface area contributed by atoms with Crippen LogP contribution in [0.25, 0.3) is 0 Å². The quantitative estimate of drug-likeness (QED) is 0.305. The number of morpholine rings is 1. The van der Waals surface area contributed by atoms with Gasteiger partial charge < -0.3 is 14.4 Å². The molecule has 0 N–H and O–H groups in total. The van der Waals surface area contributed by atoms with Crippen LogP contribution in [0.5, 0.6) is 0 Å². The number of ether oxygens (including phenoxy) is 2. The van der Waals surface area contributed by atoms with Crippen molar-refractivity contribution in [3.05, 3.63) is 82.4 Å². The van der Waals surface area contributed by atoms with Gasteiger partial charge in [0.15, 0.2) is 0 Å². The predicted molar refractivity (Wildman–Crippen MR) is 130 cm³/mol. The number of benzene rings is 2. The topological polar surface area (TPSA) is 55.8 Å². The van der Waals surface area contributed by atoms with Crippen molar-refractivity contribution in [2.45, 2.75) is 57.4 Å². The van der Waals surface area contributed by atoms with E-state index in [9.17, 15) is 9.59 Å². The summed E-state index contributed by atoms with van der Waals surface area (Å²) in [7, 11) is 0. The van der Waals surface area contributed by atoms with Crippen LogP contribution in [0.1, 0.15) is 56.4 Å². The molecule has 1 heterocycles. The van der Waals surface area contributed by atoms with Crippen molar-refractivity contribution in [1.29, 1.82) is 0 Å². The molecular formula is C26H29Cl2NO4. The molecule has 0 saturated carbocycles. The van der Waals surface area contributed by atoms with Gasteiger partial charge in [-0.25, -0.2) is 4.79 Å². The largest absolute Gasteiger partial charge is 0.464 e. The van der Waals surface area contributed by atoms with E-state index in [2.05, 4.69) is 6.58 Å². The van der Waals surface area contributed by atoms with Crippen LogP contribution < -0.4 is 0 Å². The van der Waals surface area contributed by atoms with E-state index in [4.69, 9.17) is 32.7 Å². The molecule has 1 amide bonds. The molecule has 33 heavy (non-hydrogen) atoms. The minimum Gasteiger partial charge on any atom is -0.464 e. The smallest absolute Gasteiger partial charge is 0.328 e. The van der Waals surface area contributed by atoms with E-state index in [1.54, 1.807) is 42.2 Å². The van der Waals surface area contributed by atoms with Gasteiger partial charge in [0.1, 0.15) is 18.2 Å². The average molecular weight is 490 g/mol. The molecular weight excluding hydrogens is 461 g/mol. The Kier molecular flexibility index (Phi) is 8.95. The monoisotopic (exact) mass is 489 g/mol. The number of nitrogens with zero attached hydrogens (tertiary/aromatic N) is 1. The lowest BCUT2D eigenvalue weighted by Crippen LogP contribution is -2.57. The molecule has 4 atom stereocenters. The average Bonchev–Trinajstić information content (AvgIpc) is 2.80. The van der Waals surface area contributed by atoms with E-state index in [1.807, 2.05) is 31.2 Å². The zero-order valence-corrected chi connectivity index (χ0v) is 20.4. The molecule has 7 heteroatoms. The third kappa shape index (κ3) is 5.78. The number of esters is 1. The minimum absolute atomic E-state index is 0.236. The first-order valence-electron chi connectivity index (χ1n) is 11.2. The molecule has 5 nitrogen and oxygen atoms in total. The Balaban J connectivity index is 2.18. The molecule has 0 unspecified atom stereocenters. The predicted octanol–water partition coefficient (Wildman–Crippen LogP) is 6.31. The first-order valence-corrected chi connectivity index (χ1v) is 11.9. The standard InChI is InChI=1S/C26H29Cl2NO4/c1-4-7-21(26(31)32-6-3)29-23(17-9-13-19(27)14-10-17)24(18-11-15-20(28)16-12-18)33-22(8-5-2)25(29)30/h5,9-16,21-24H,2,4,6-8H2,1,3H3/t21-,22+,23-,24+/m1/s1. The summed E-state index contributed by atoms with van der Waals surface area (Å²) in [5.74, 6) is -0.674. The summed E-state index contributed by atoms with van der Waals surface area (Å²) >= 11 is 12.3. The van der Waals surface area contributed by atoms with Crippen LogP contribution >= 0.6 is 23.2 Å². The van der Waals surface area contributed by atoms with Crippen molar-refractivity contribution in [3.63, 3.8) is 0 Å². The van der Waals surface area contributed by atoms with Crippen molar-refractivity contribution in [2.24, 2.45) is 0 Å². The molecule has 2 aromatic rings. The van der Waals surface area contributed by atoms with Crippen molar-refractivity contribution in [3.8, 4) is 0 Å². The zero-order valence-electron chi connectivity index (χ0n) is 18.9. The third-order valence-corrected chi connectivity index (χ3v) is 6.18. The van der Waals surface area contributed by atoms with Crippen LogP contribution in [0.15, 0.2) is 61.2 Å². The van der Waals surface area contributed by atoms with Gasteiger partial charge in [0.05, 0.1) is 12.6 Å². The Morgan fingerprint density at radius 3 is 2.18 bits per heavy atom.